The van der Waals surface area contributed by atoms with E-state index < -0.39 is 5.60 Å². The smallest absolute Gasteiger partial charge is 0.269 e. The summed E-state index contributed by atoms with van der Waals surface area (Å²) in [6, 6.07) is 3.71. The van der Waals surface area contributed by atoms with E-state index in [1.165, 1.54) is 0 Å². The van der Waals surface area contributed by atoms with Crippen LogP contribution in [-0.4, -0.2) is 46.1 Å². The second-order valence-electron chi connectivity index (χ2n) is 8.68. The number of rotatable bonds is 4. The summed E-state index contributed by atoms with van der Waals surface area (Å²) in [5.41, 5.74) is 0.764. The molecule has 0 bridgehead atoms. The molecular weight excluding hydrogens is 344 g/mol. The van der Waals surface area contributed by atoms with Crippen LogP contribution in [0.25, 0.3) is 0 Å². The third-order valence-corrected chi connectivity index (χ3v) is 4.88. The van der Waals surface area contributed by atoms with Crippen LogP contribution in [0.15, 0.2) is 29.7 Å². The highest BCUT2D eigenvalue weighted by Gasteiger charge is 2.45. The third-order valence-electron chi connectivity index (χ3n) is 4.88. The van der Waals surface area contributed by atoms with Crippen molar-refractivity contribution in [2.45, 2.75) is 58.6 Å². The minimum Gasteiger partial charge on any atom is -0.386 e. The zero-order valence-electron chi connectivity index (χ0n) is 16.3. The van der Waals surface area contributed by atoms with Crippen molar-refractivity contribution in [3.63, 3.8) is 0 Å². The lowest BCUT2D eigenvalue weighted by molar-refractivity contribution is -0.142. The van der Waals surface area contributed by atoms with E-state index in [1.807, 2.05) is 17.0 Å². The van der Waals surface area contributed by atoms with Gasteiger partial charge in [0.25, 0.3) is 5.91 Å². The largest absolute Gasteiger partial charge is 0.386 e. The maximum Gasteiger partial charge on any atom is 0.269 e. The Morgan fingerprint density at radius 1 is 1.30 bits per heavy atom. The SMILES string of the molecule is CC(C)(C)CC(=O)N1CCC[C@@]2(CC(C(=O)NCc3ccncc3)=NO2)C1. The van der Waals surface area contributed by atoms with E-state index in [2.05, 4.69) is 36.2 Å². The Hall–Kier alpha value is -2.44. The van der Waals surface area contributed by atoms with Gasteiger partial charge < -0.3 is 15.1 Å². The predicted octanol–water partition coefficient (Wildman–Crippen LogP) is 2.27. The lowest BCUT2D eigenvalue weighted by Crippen LogP contribution is -2.51. The fourth-order valence-electron chi connectivity index (χ4n) is 3.52. The molecule has 0 unspecified atom stereocenters. The van der Waals surface area contributed by atoms with Gasteiger partial charge in [-0.25, -0.2) is 0 Å². The molecule has 3 rings (SSSR count). The molecule has 2 aliphatic heterocycles. The third kappa shape index (κ3) is 5.05. The molecule has 3 heterocycles. The molecule has 1 saturated heterocycles. The van der Waals surface area contributed by atoms with Gasteiger partial charge in [0.05, 0.1) is 6.54 Å². The zero-order chi connectivity index (χ0) is 19.5. The zero-order valence-corrected chi connectivity index (χ0v) is 16.3. The summed E-state index contributed by atoms with van der Waals surface area (Å²) in [7, 11) is 0. The number of oxime groups is 1. The van der Waals surface area contributed by atoms with Gasteiger partial charge >= 0.3 is 0 Å². The first-order valence-electron chi connectivity index (χ1n) is 9.46. The quantitative estimate of drug-likeness (QED) is 0.879. The molecule has 0 radical (unpaired) electrons. The Kier molecular flexibility index (Phi) is 5.48. The second kappa shape index (κ2) is 7.66. The number of nitrogens with one attached hydrogen (secondary N) is 1. The topological polar surface area (TPSA) is 83.9 Å². The number of nitrogens with zero attached hydrogens (tertiary/aromatic N) is 3. The maximum atomic E-state index is 12.6. The molecule has 0 saturated carbocycles. The lowest BCUT2D eigenvalue weighted by Gasteiger charge is -2.39. The number of amides is 2. The van der Waals surface area contributed by atoms with Crippen LogP contribution in [-0.2, 0) is 21.0 Å². The molecular formula is C20H28N4O3. The molecule has 27 heavy (non-hydrogen) atoms. The molecule has 1 aromatic heterocycles. The number of likely N-dealkylation sites (tertiary alicyclic amines) is 1. The van der Waals surface area contributed by atoms with E-state index in [-0.39, 0.29) is 17.2 Å². The van der Waals surface area contributed by atoms with Crippen molar-refractivity contribution in [1.29, 1.82) is 0 Å². The van der Waals surface area contributed by atoms with E-state index in [9.17, 15) is 9.59 Å². The molecule has 1 fully saturated rings. The first kappa shape index (κ1) is 19.3. The Bertz CT molecular complexity index is 726. The number of carbonyl (C=O) groups excluding carboxylic acids is 2. The minimum absolute atomic E-state index is 0.0489. The summed E-state index contributed by atoms with van der Waals surface area (Å²) in [6.45, 7) is 7.83. The van der Waals surface area contributed by atoms with E-state index in [4.69, 9.17) is 4.84 Å². The Morgan fingerprint density at radius 2 is 2.04 bits per heavy atom. The molecule has 7 heteroatoms. The molecule has 7 nitrogen and oxygen atoms in total. The van der Waals surface area contributed by atoms with Crippen LogP contribution in [0.4, 0.5) is 0 Å². The van der Waals surface area contributed by atoms with E-state index in [0.717, 1.165) is 24.9 Å². The van der Waals surface area contributed by atoms with E-state index in [0.29, 0.717) is 31.6 Å². The van der Waals surface area contributed by atoms with Crippen LogP contribution in [0.5, 0.6) is 0 Å². The molecule has 0 aromatic carbocycles. The lowest BCUT2D eigenvalue weighted by atomic mass is 9.86. The van der Waals surface area contributed by atoms with Crippen LogP contribution in [0.2, 0.25) is 0 Å². The Morgan fingerprint density at radius 3 is 2.74 bits per heavy atom. The van der Waals surface area contributed by atoms with Gasteiger partial charge in [-0.3, -0.25) is 14.6 Å². The summed E-state index contributed by atoms with van der Waals surface area (Å²) >= 11 is 0. The summed E-state index contributed by atoms with van der Waals surface area (Å²) in [5.74, 6) is -0.0809. The fraction of sp³-hybridized carbons (Fsp3) is 0.600. The van der Waals surface area contributed by atoms with Gasteiger partial charge in [-0.2, -0.15) is 0 Å². The highest BCUT2D eigenvalue weighted by Crippen LogP contribution is 2.34. The molecule has 1 atom stereocenters. The molecule has 1 aromatic rings. The highest BCUT2D eigenvalue weighted by atomic mass is 16.7. The first-order valence-corrected chi connectivity index (χ1v) is 9.46. The maximum absolute atomic E-state index is 12.6. The Balaban J connectivity index is 1.55. The van der Waals surface area contributed by atoms with Crippen LogP contribution >= 0.6 is 0 Å². The Labute approximate surface area is 160 Å². The number of aromatic nitrogens is 1. The van der Waals surface area contributed by atoms with Gasteiger partial charge in [-0.1, -0.05) is 25.9 Å². The summed E-state index contributed by atoms with van der Waals surface area (Å²) in [5, 5.41) is 6.92. The van der Waals surface area contributed by atoms with Crippen LogP contribution < -0.4 is 5.32 Å². The van der Waals surface area contributed by atoms with Gasteiger partial charge in [-0.05, 0) is 36.0 Å². The van der Waals surface area contributed by atoms with Crippen LogP contribution in [0.3, 0.4) is 0 Å². The van der Waals surface area contributed by atoms with Crippen molar-refractivity contribution in [3.05, 3.63) is 30.1 Å². The number of carbonyl (C=O) groups is 2. The summed E-state index contributed by atoms with van der Waals surface area (Å²) in [6.07, 6.45) is 5.99. The van der Waals surface area contributed by atoms with Crippen LogP contribution in [0, 0.1) is 5.41 Å². The summed E-state index contributed by atoms with van der Waals surface area (Å²) in [4.78, 5) is 36.5. The molecule has 2 aliphatic rings. The number of piperidine rings is 1. The average molecular weight is 372 g/mol. The molecule has 0 aliphatic carbocycles. The van der Waals surface area contributed by atoms with E-state index in [1.54, 1.807) is 12.4 Å². The van der Waals surface area contributed by atoms with Crippen molar-refractivity contribution < 1.29 is 14.4 Å². The minimum atomic E-state index is -0.560. The van der Waals surface area contributed by atoms with Gasteiger partial charge in [0.2, 0.25) is 5.91 Å². The normalized spacial score (nSPS) is 22.3. The average Bonchev–Trinajstić information content (AvgIpc) is 3.02. The van der Waals surface area contributed by atoms with Gasteiger partial charge in [0, 0.05) is 38.3 Å². The van der Waals surface area contributed by atoms with Crippen molar-refractivity contribution in [1.82, 2.24) is 15.2 Å². The van der Waals surface area contributed by atoms with Crippen molar-refractivity contribution >= 4 is 17.5 Å². The van der Waals surface area contributed by atoms with Gasteiger partial charge in [-0.15, -0.1) is 0 Å². The van der Waals surface area contributed by atoms with Crippen molar-refractivity contribution in [3.8, 4) is 0 Å². The van der Waals surface area contributed by atoms with E-state index >= 15 is 0 Å². The van der Waals surface area contributed by atoms with Gasteiger partial charge in [0.15, 0.2) is 5.60 Å². The predicted molar refractivity (Wildman–Crippen MR) is 102 cm³/mol. The second-order valence-corrected chi connectivity index (χ2v) is 8.68. The van der Waals surface area contributed by atoms with Gasteiger partial charge in [0.1, 0.15) is 5.71 Å². The summed E-state index contributed by atoms with van der Waals surface area (Å²) < 4.78 is 0. The first-order chi connectivity index (χ1) is 12.8. The molecule has 1 N–H and O–H groups in total. The van der Waals surface area contributed by atoms with Crippen molar-refractivity contribution in [2.24, 2.45) is 10.6 Å². The fourth-order valence-corrected chi connectivity index (χ4v) is 3.52. The monoisotopic (exact) mass is 372 g/mol. The molecule has 146 valence electrons. The van der Waals surface area contributed by atoms with Crippen molar-refractivity contribution in [2.75, 3.05) is 13.1 Å². The highest BCUT2D eigenvalue weighted by molar-refractivity contribution is 6.39. The number of hydrogen-bond acceptors (Lipinski definition) is 5. The van der Waals surface area contributed by atoms with Crippen LogP contribution in [0.1, 0.15) is 52.0 Å². The standard InChI is InChI=1S/C20H28N4O3/c1-19(2,3)12-17(25)24-10-4-7-20(14-24)11-16(23-27-20)18(26)22-13-15-5-8-21-9-6-15/h5-6,8-9H,4,7,10-14H2,1-3H3,(H,22,26)/t20-/m1/s1. The number of hydrogen-bond donors (Lipinski definition) is 1. The number of pyridine rings is 1. The molecule has 1 spiro atoms. The molecule has 2 amide bonds.